The van der Waals surface area contributed by atoms with Crippen molar-refractivity contribution in [1.82, 2.24) is 4.31 Å². The molecule has 3 aromatic rings. The molecular weight excluding hydrogens is 585 g/mol. The second kappa shape index (κ2) is 11.7. The molecule has 2 aliphatic heterocycles. The molecule has 0 bridgehead atoms. The molecule has 0 spiro atoms. The van der Waals surface area contributed by atoms with Gasteiger partial charge in [0.15, 0.2) is 0 Å². The molecule has 0 radical (unpaired) electrons. The third kappa shape index (κ3) is 5.65. The van der Waals surface area contributed by atoms with Crippen molar-refractivity contribution in [3.63, 3.8) is 0 Å². The van der Waals surface area contributed by atoms with Crippen LogP contribution in [0.15, 0.2) is 42.5 Å². The zero-order valence-corrected chi connectivity index (χ0v) is 26.2. The summed E-state index contributed by atoms with van der Waals surface area (Å²) < 4.78 is 59.6. The van der Waals surface area contributed by atoms with Crippen LogP contribution in [0.2, 0.25) is 0 Å². The van der Waals surface area contributed by atoms with Crippen molar-refractivity contribution < 1.29 is 36.9 Å². The highest BCUT2D eigenvalue weighted by molar-refractivity contribution is 7.89. The van der Waals surface area contributed by atoms with Gasteiger partial charge in [-0.25, -0.2) is 17.1 Å². The minimum Gasteiger partial charge on any atom is -0.493 e. The van der Waals surface area contributed by atoms with E-state index in [0.29, 0.717) is 56.2 Å². The molecule has 3 aliphatic rings. The van der Waals surface area contributed by atoms with Crippen LogP contribution in [-0.4, -0.2) is 55.4 Å². The maximum Gasteiger partial charge on any atom is 0.304 e. The predicted molar refractivity (Wildman–Crippen MR) is 165 cm³/mol. The fourth-order valence-electron chi connectivity index (χ4n) is 6.68. The molecule has 0 aromatic heterocycles. The SMILES string of the molecule is Cc1cc(OCC2CN(S(=O)(=O)C(C)C)C2)cc(C)c1-c1ccc(F)c2c1CC[C@H]2Oc1ccc2c(c1)OC[C@H]2CC(=O)O. The molecule has 6 rings (SSSR count). The van der Waals surface area contributed by atoms with Gasteiger partial charge in [0.2, 0.25) is 10.0 Å². The zero-order valence-electron chi connectivity index (χ0n) is 25.4. The molecule has 0 unspecified atom stereocenters. The summed E-state index contributed by atoms with van der Waals surface area (Å²) >= 11 is 0. The fraction of sp³-hybridized carbons (Fsp3) is 0.441. The summed E-state index contributed by atoms with van der Waals surface area (Å²) in [7, 11) is -3.23. The lowest BCUT2D eigenvalue weighted by Gasteiger charge is -2.38. The number of rotatable bonds is 10. The third-order valence-electron chi connectivity index (χ3n) is 8.99. The van der Waals surface area contributed by atoms with Crippen LogP contribution in [0.25, 0.3) is 11.1 Å². The molecule has 44 heavy (non-hydrogen) atoms. The van der Waals surface area contributed by atoms with E-state index in [2.05, 4.69) is 0 Å². The fourth-order valence-corrected chi connectivity index (χ4v) is 8.11. The smallest absolute Gasteiger partial charge is 0.304 e. The van der Waals surface area contributed by atoms with Crippen LogP contribution >= 0.6 is 0 Å². The van der Waals surface area contributed by atoms with Gasteiger partial charge in [-0.2, -0.15) is 0 Å². The van der Waals surface area contributed by atoms with E-state index in [1.807, 2.05) is 38.1 Å². The van der Waals surface area contributed by atoms with Crippen molar-refractivity contribution in [2.45, 2.75) is 64.2 Å². The van der Waals surface area contributed by atoms with Crippen LogP contribution in [0, 0.1) is 25.6 Å². The molecule has 1 aliphatic carbocycles. The highest BCUT2D eigenvalue weighted by atomic mass is 32.2. The average Bonchev–Trinajstić information content (AvgIpc) is 3.53. The standard InChI is InChI=1S/C34H38FNO7S/c1-19(2)44(39,40)36-15-22(16-36)17-41-25-11-20(3)33(21(4)12-25)27-7-9-29(35)34-28(27)8-10-30(34)43-24-5-6-26-23(13-32(37)38)18-42-31(26)14-24/h5-7,9,11-12,14,19,22-23,30H,8,10,13,15-18H2,1-4H3,(H,37,38)/t23-,30-/m1/s1. The Morgan fingerprint density at radius 2 is 1.82 bits per heavy atom. The van der Waals surface area contributed by atoms with Gasteiger partial charge < -0.3 is 19.3 Å². The molecule has 2 atom stereocenters. The number of carboxylic acid groups (broad SMARTS) is 1. The van der Waals surface area contributed by atoms with Crippen LogP contribution in [-0.2, 0) is 21.2 Å². The summed E-state index contributed by atoms with van der Waals surface area (Å²) in [6.45, 7) is 9.16. The summed E-state index contributed by atoms with van der Waals surface area (Å²) in [6.07, 6.45) is 0.855. The summed E-state index contributed by atoms with van der Waals surface area (Å²) in [6, 6.07) is 12.8. The number of carbonyl (C=O) groups is 1. The Bertz CT molecular complexity index is 1690. The molecule has 1 saturated heterocycles. The highest BCUT2D eigenvalue weighted by Gasteiger charge is 2.38. The molecule has 10 heteroatoms. The summed E-state index contributed by atoms with van der Waals surface area (Å²) in [5.41, 5.74) is 6.42. The minimum atomic E-state index is -3.23. The van der Waals surface area contributed by atoms with Gasteiger partial charge in [-0.05, 0) is 92.6 Å². The minimum absolute atomic E-state index is 0.00720. The first kappa shape index (κ1) is 30.4. The average molecular weight is 624 g/mol. The van der Waals surface area contributed by atoms with Gasteiger partial charge in [-0.1, -0.05) is 12.1 Å². The first-order chi connectivity index (χ1) is 20.9. The highest BCUT2D eigenvalue weighted by Crippen LogP contribution is 2.45. The summed E-state index contributed by atoms with van der Waals surface area (Å²) in [4.78, 5) is 11.2. The predicted octanol–water partition coefficient (Wildman–Crippen LogP) is 6.18. The number of hydrogen-bond acceptors (Lipinski definition) is 6. The van der Waals surface area contributed by atoms with Gasteiger partial charge in [0.05, 0.1) is 24.9 Å². The van der Waals surface area contributed by atoms with Gasteiger partial charge in [-0.3, -0.25) is 4.79 Å². The van der Waals surface area contributed by atoms with E-state index in [-0.39, 0.29) is 24.1 Å². The number of aliphatic carboxylic acids is 1. The van der Waals surface area contributed by atoms with Crippen LogP contribution in [0.1, 0.15) is 66.5 Å². The first-order valence-electron chi connectivity index (χ1n) is 15.1. The topological polar surface area (TPSA) is 102 Å². The second-order valence-electron chi connectivity index (χ2n) is 12.5. The Morgan fingerprint density at radius 3 is 2.50 bits per heavy atom. The van der Waals surface area contributed by atoms with Gasteiger partial charge in [-0.15, -0.1) is 0 Å². The molecule has 2 heterocycles. The summed E-state index contributed by atoms with van der Waals surface area (Å²) in [5, 5.41) is 8.75. The van der Waals surface area contributed by atoms with E-state index < -0.39 is 27.3 Å². The number of benzene rings is 3. The molecule has 0 amide bonds. The second-order valence-corrected chi connectivity index (χ2v) is 14.9. The van der Waals surface area contributed by atoms with Gasteiger partial charge >= 0.3 is 5.97 Å². The molecule has 8 nitrogen and oxygen atoms in total. The van der Waals surface area contributed by atoms with Crippen LogP contribution < -0.4 is 14.2 Å². The largest absolute Gasteiger partial charge is 0.493 e. The monoisotopic (exact) mass is 623 g/mol. The summed E-state index contributed by atoms with van der Waals surface area (Å²) in [5.74, 6) is 0.717. The quantitative estimate of drug-likeness (QED) is 0.288. The van der Waals surface area contributed by atoms with Crippen LogP contribution in [0.5, 0.6) is 17.2 Å². The molecule has 3 aromatic carbocycles. The van der Waals surface area contributed by atoms with E-state index >= 15 is 4.39 Å². The Labute approximate surface area is 257 Å². The van der Waals surface area contributed by atoms with Gasteiger partial charge in [0.1, 0.15) is 29.2 Å². The number of fused-ring (bicyclic) bond motifs is 2. The van der Waals surface area contributed by atoms with Crippen molar-refractivity contribution >= 4 is 16.0 Å². The van der Waals surface area contributed by atoms with E-state index in [9.17, 15) is 18.3 Å². The first-order valence-corrected chi connectivity index (χ1v) is 16.6. The molecule has 1 fully saturated rings. The van der Waals surface area contributed by atoms with Crippen molar-refractivity contribution in [2.75, 3.05) is 26.3 Å². The number of aryl methyl sites for hydroxylation is 2. The van der Waals surface area contributed by atoms with Crippen molar-refractivity contribution in [1.29, 1.82) is 0 Å². The molecule has 1 N–H and O–H groups in total. The molecular formula is C34H38FNO7S. The Balaban J connectivity index is 1.17. The number of ether oxygens (including phenoxy) is 3. The molecule has 0 saturated carbocycles. The van der Waals surface area contributed by atoms with Crippen molar-refractivity contribution in [3.05, 3.63) is 76.1 Å². The maximum atomic E-state index is 15.3. The zero-order chi connectivity index (χ0) is 31.3. The van der Waals surface area contributed by atoms with Gasteiger partial charge in [0, 0.05) is 42.1 Å². The van der Waals surface area contributed by atoms with E-state index in [1.165, 1.54) is 10.4 Å². The maximum absolute atomic E-state index is 15.3. The third-order valence-corrected chi connectivity index (χ3v) is 11.2. The number of sulfonamides is 1. The van der Waals surface area contributed by atoms with Gasteiger partial charge in [0.25, 0.3) is 0 Å². The lowest BCUT2D eigenvalue weighted by Crippen LogP contribution is -2.53. The van der Waals surface area contributed by atoms with Crippen LogP contribution in [0.4, 0.5) is 4.39 Å². The Hall–Kier alpha value is -3.63. The van der Waals surface area contributed by atoms with E-state index in [0.717, 1.165) is 39.1 Å². The number of carboxylic acids is 1. The van der Waals surface area contributed by atoms with Crippen molar-refractivity contribution in [3.8, 4) is 28.4 Å². The Kier molecular flexibility index (Phi) is 8.09. The van der Waals surface area contributed by atoms with Crippen molar-refractivity contribution in [2.24, 2.45) is 5.92 Å². The van der Waals surface area contributed by atoms with Crippen LogP contribution in [0.3, 0.4) is 0 Å². The number of nitrogens with zero attached hydrogens (tertiary/aromatic N) is 1. The lowest BCUT2D eigenvalue weighted by molar-refractivity contribution is -0.137. The normalized spacial score (nSPS) is 19.8. The number of halogens is 1. The van der Waals surface area contributed by atoms with E-state index in [1.54, 1.807) is 26.0 Å². The van der Waals surface area contributed by atoms with E-state index in [4.69, 9.17) is 14.2 Å². The number of hydrogen-bond donors (Lipinski definition) is 1. The molecule has 234 valence electrons. The Morgan fingerprint density at radius 1 is 1.09 bits per heavy atom. The lowest BCUT2D eigenvalue weighted by atomic mass is 9.90.